The van der Waals surface area contributed by atoms with Crippen LogP contribution in [0.3, 0.4) is 0 Å². The van der Waals surface area contributed by atoms with Gasteiger partial charge in [-0.15, -0.1) is 0 Å². The molecule has 1 amide bonds. The number of nitrogens with zero attached hydrogens (tertiary/aromatic N) is 1. The number of rotatable bonds is 2. The molecule has 0 aromatic heterocycles. The highest BCUT2D eigenvalue weighted by Gasteiger charge is 2.36. The lowest BCUT2D eigenvalue weighted by Crippen LogP contribution is -2.41. The van der Waals surface area contributed by atoms with Crippen molar-refractivity contribution < 1.29 is 14.3 Å². The van der Waals surface area contributed by atoms with Crippen molar-refractivity contribution in [2.24, 2.45) is 0 Å². The minimum atomic E-state index is -0.527. The van der Waals surface area contributed by atoms with E-state index in [1.165, 1.54) is 12.0 Å². The van der Waals surface area contributed by atoms with Gasteiger partial charge < -0.3 is 9.64 Å². The van der Waals surface area contributed by atoms with E-state index in [1.54, 1.807) is 12.1 Å². The lowest BCUT2D eigenvalue weighted by Gasteiger charge is -2.23. The minimum absolute atomic E-state index is 0.244. The summed E-state index contributed by atoms with van der Waals surface area (Å²) in [4.78, 5) is 25.8. The highest BCUT2D eigenvalue weighted by atomic mass is 127. The number of benzene rings is 1. The number of hydrogen-bond donors (Lipinski definition) is 0. The molecule has 1 heterocycles. The number of esters is 1. The molecule has 0 spiro atoms. The van der Waals surface area contributed by atoms with Crippen LogP contribution in [0.15, 0.2) is 12.1 Å². The van der Waals surface area contributed by atoms with E-state index in [0.29, 0.717) is 32.1 Å². The van der Waals surface area contributed by atoms with E-state index < -0.39 is 6.04 Å². The first kappa shape index (κ1) is 15.9. The molecule has 1 aliphatic heterocycles. The molecule has 4 nitrogen and oxygen atoms in total. The van der Waals surface area contributed by atoms with Crippen molar-refractivity contribution in [2.45, 2.75) is 18.9 Å². The molecule has 1 unspecified atom stereocenters. The number of methoxy groups -OCH3 is 1. The average molecular weight is 428 g/mol. The third-order valence-corrected chi connectivity index (χ3v) is 5.21. The number of likely N-dealkylation sites (tertiary alicyclic amines) is 1. The standard InChI is InChI=1S/C13H12Cl2INO3/c1-20-13(19)10-3-2-4-17(10)12(18)8-5-7(14)6-9(15)11(8)16/h5-6,10H,2-4H2,1H3. The van der Waals surface area contributed by atoms with Gasteiger partial charge in [0.05, 0.1) is 17.7 Å². The zero-order valence-corrected chi connectivity index (χ0v) is 14.3. The Balaban J connectivity index is 2.34. The maximum absolute atomic E-state index is 12.6. The molecule has 2 rings (SSSR count). The SMILES string of the molecule is COC(=O)C1CCCN1C(=O)c1cc(Cl)cc(Cl)c1I. The van der Waals surface area contributed by atoms with Crippen molar-refractivity contribution in [2.75, 3.05) is 13.7 Å². The predicted octanol–water partition coefficient (Wildman–Crippen LogP) is 3.38. The van der Waals surface area contributed by atoms with Crippen LogP contribution in [0.2, 0.25) is 10.0 Å². The molecule has 0 radical (unpaired) electrons. The molecule has 1 saturated heterocycles. The molecule has 1 aliphatic rings. The topological polar surface area (TPSA) is 46.6 Å². The summed E-state index contributed by atoms with van der Waals surface area (Å²) in [5.41, 5.74) is 0.416. The van der Waals surface area contributed by atoms with Crippen LogP contribution in [-0.4, -0.2) is 36.5 Å². The maximum atomic E-state index is 12.6. The van der Waals surface area contributed by atoms with Gasteiger partial charge in [0.2, 0.25) is 0 Å². The van der Waals surface area contributed by atoms with Crippen molar-refractivity contribution in [3.63, 3.8) is 0 Å². The van der Waals surface area contributed by atoms with Crippen molar-refractivity contribution in [1.29, 1.82) is 0 Å². The monoisotopic (exact) mass is 427 g/mol. The summed E-state index contributed by atoms with van der Waals surface area (Å²) in [7, 11) is 1.32. The van der Waals surface area contributed by atoms with Crippen LogP contribution in [0.5, 0.6) is 0 Å². The van der Waals surface area contributed by atoms with E-state index in [4.69, 9.17) is 27.9 Å². The fourth-order valence-corrected chi connectivity index (χ4v) is 3.29. The Labute approximate surface area is 140 Å². The quantitative estimate of drug-likeness (QED) is 0.413. The summed E-state index contributed by atoms with van der Waals surface area (Å²) in [5, 5.41) is 0.822. The summed E-state index contributed by atoms with van der Waals surface area (Å²) < 4.78 is 5.37. The first-order chi connectivity index (χ1) is 9.45. The molecule has 0 aliphatic carbocycles. The van der Waals surface area contributed by atoms with E-state index in [0.717, 1.165) is 6.42 Å². The molecule has 1 aromatic rings. The van der Waals surface area contributed by atoms with Crippen molar-refractivity contribution >= 4 is 57.7 Å². The number of carbonyl (C=O) groups excluding carboxylic acids is 2. The zero-order chi connectivity index (χ0) is 14.9. The number of halogens is 3. The lowest BCUT2D eigenvalue weighted by molar-refractivity contribution is -0.145. The lowest BCUT2D eigenvalue weighted by atomic mass is 10.1. The molecule has 20 heavy (non-hydrogen) atoms. The van der Waals surface area contributed by atoms with Crippen LogP contribution in [0.1, 0.15) is 23.2 Å². The molecule has 0 saturated carbocycles. The summed E-state index contributed by atoms with van der Waals surface area (Å²) in [6, 6.07) is 2.63. The second-order valence-electron chi connectivity index (χ2n) is 4.43. The van der Waals surface area contributed by atoms with Gasteiger partial charge in [-0.3, -0.25) is 4.79 Å². The van der Waals surface area contributed by atoms with Gasteiger partial charge in [0.1, 0.15) is 6.04 Å². The van der Waals surface area contributed by atoms with Crippen molar-refractivity contribution in [3.8, 4) is 0 Å². The first-order valence-electron chi connectivity index (χ1n) is 5.99. The molecular formula is C13H12Cl2INO3. The average Bonchev–Trinajstić information content (AvgIpc) is 2.90. The fourth-order valence-electron chi connectivity index (χ4n) is 2.26. The van der Waals surface area contributed by atoms with Gasteiger partial charge in [0.25, 0.3) is 5.91 Å². The van der Waals surface area contributed by atoms with Crippen LogP contribution in [0.25, 0.3) is 0 Å². The van der Waals surface area contributed by atoms with Gasteiger partial charge in [0, 0.05) is 15.1 Å². The van der Waals surface area contributed by atoms with Gasteiger partial charge in [-0.1, -0.05) is 23.2 Å². The second-order valence-corrected chi connectivity index (χ2v) is 6.35. The summed E-state index contributed by atoms with van der Waals surface area (Å²) in [6.07, 6.45) is 1.39. The Morgan fingerprint density at radius 2 is 2.10 bits per heavy atom. The van der Waals surface area contributed by atoms with Gasteiger partial charge in [-0.05, 0) is 47.6 Å². The largest absolute Gasteiger partial charge is 0.467 e. The maximum Gasteiger partial charge on any atom is 0.328 e. The highest BCUT2D eigenvalue weighted by Crippen LogP contribution is 2.30. The van der Waals surface area contributed by atoms with Gasteiger partial charge in [0.15, 0.2) is 0 Å². The van der Waals surface area contributed by atoms with Crippen molar-refractivity contribution in [1.82, 2.24) is 4.90 Å². The van der Waals surface area contributed by atoms with E-state index in [-0.39, 0.29) is 11.9 Å². The van der Waals surface area contributed by atoms with Crippen LogP contribution in [-0.2, 0) is 9.53 Å². The predicted molar refractivity (Wildman–Crippen MR) is 85.3 cm³/mol. The molecule has 1 fully saturated rings. The van der Waals surface area contributed by atoms with Crippen LogP contribution in [0, 0.1) is 3.57 Å². The number of amides is 1. The van der Waals surface area contributed by atoms with Gasteiger partial charge in [-0.2, -0.15) is 0 Å². The molecular weight excluding hydrogens is 416 g/mol. The smallest absolute Gasteiger partial charge is 0.328 e. The molecule has 0 bridgehead atoms. The first-order valence-corrected chi connectivity index (χ1v) is 7.82. The minimum Gasteiger partial charge on any atom is -0.467 e. The Kier molecular flexibility index (Phi) is 5.14. The van der Waals surface area contributed by atoms with E-state index in [2.05, 4.69) is 0 Å². The molecule has 1 aromatic carbocycles. The molecule has 108 valence electrons. The zero-order valence-electron chi connectivity index (χ0n) is 10.7. The Morgan fingerprint density at radius 3 is 2.75 bits per heavy atom. The molecule has 7 heteroatoms. The summed E-state index contributed by atoms with van der Waals surface area (Å²) in [6.45, 7) is 0.527. The number of carbonyl (C=O) groups is 2. The van der Waals surface area contributed by atoms with Crippen LogP contribution < -0.4 is 0 Å². The normalized spacial score (nSPS) is 18.2. The van der Waals surface area contributed by atoms with Gasteiger partial charge >= 0.3 is 5.97 Å². The Bertz CT molecular complexity index is 565. The van der Waals surface area contributed by atoms with E-state index in [1.807, 2.05) is 22.6 Å². The van der Waals surface area contributed by atoms with E-state index in [9.17, 15) is 9.59 Å². The fraction of sp³-hybridized carbons (Fsp3) is 0.385. The molecule has 1 atom stereocenters. The third kappa shape index (κ3) is 3.04. The highest BCUT2D eigenvalue weighted by molar-refractivity contribution is 14.1. The number of ether oxygens (including phenoxy) is 1. The second kappa shape index (κ2) is 6.49. The Hall–Kier alpha value is -0.530. The van der Waals surface area contributed by atoms with Gasteiger partial charge in [-0.25, -0.2) is 4.79 Å². The summed E-state index contributed by atoms with van der Waals surface area (Å²) in [5.74, 6) is -0.634. The third-order valence-electron chi connectivity index (χ3n) is 3.21. The Morgan fingerprint density at radius 1 is 1.40 bits per heavy atom. The van der Waals surface area contributed by atoms with Crippen molar-refractivity contribution in [3.05, 3.63) is 31.3 Å². The van der Waals surface area contributed by atoms with Crippen LogP contribution >= 0.6 is 45.8 Å². The van der Waals surface area contributed by atoms with E-state index >= 15 is 0 Å². The number of hydrogen-bond acceptors (Lipinski definition) is 3. The summed E-state index contributed by atoms with van der Waals surface area (Å²) >= 11 is 14.0. The molecule has 0 N–H and O–H groups in total. The van der Waals surface area contributed by atoms with Crippen LogP contribution in [0.4, 0.5) is 0 Å².